The highest BCUT2D eigenvalue weighted by Crippen LogP contribution is 2.37. The minimum Gasteiger partial charge on any atom is -0.480 e. The van der Waals surface area contributed by atoms with Gasteiger partial charge in [0.1, 0.15) is 6.04 Å². The minimum absolute atomic E-state index is 0.0781. The van der Waals surface area contributed by atoms with E-state index in [2.05, 4.69) is 19.2 Å². The Balaban J connectivity index is 2.04. The zero-order chi connectivity index (χ0) is 14.2. The number of thioether (sulfide) groups is 1. The Kier molecular flexibility index (Phi) is 3.99. The van der Waals surface area contributed by atoms with Gasteiger partial charge >= 0.3 is 12.0 Å². The molecule has 2 amide bonds. The first kappa shape index (κ1) is 14.5. The molecule has 108 valence electrons. The SMILES string of the molecule is CC1SCC(C(=O)O)N1C(=O)NC1CCCC1(C)C. The maximum absolute atomic E-state index is 12.4. The highest BCUT2D eigenvalue weighted by atomic mass is 32.2. The van der Waals surface area contributed by atoms with Crippen LogP contribution < -0.4 is 5.32 Å². The summed E-state index contributed by atoms with van der Waals surface area (Å²) in [6.07, 6.45) is 3.20. The third kappa shape index (κ3) is 2.83. The largest absolute Gasteiger partial charge is 0.480 e. The molecule has 0 aromatic heterocycles. The Morgan fingerprint density at radius 1 is 1.42 bits per heavy atom. The molecule has 0 aromatic rings. The highest BCUT2D eigenvalue weighted by Gasteiger charge is 2.42. The van der Waals surface area contributed by atoms with Crippen LogP contribution in [0.1, 0.15) is 40.0 Å². The van der Waals surface area contributed by atoms with Crippen molar-refractivity contribution in [2.45, 2.75) is 57.5 Å². The van der Waals surface area contributed by atoms with Gasteiger partial charge in [-0.1, -0.05) is 20.3 Å². The van der Waals surface area contributed by atoms with Crippen LogP contribution in [0.15, 0.2) is 0 Å². The molecule has 5 nitrogen and oxygen atoms in total. The van der Waals surface area contributed by atoms with Gasteiger partial charge in [-0.25, -0.2) is 9.59 Å². The minimum atomic E-state index is -0.919. The van der Waals surface area contributed by atoms with Gasteiger partial charge in [-0.15, -0.1) is 11.8 Å². The maximum Gasteiger partial charge on any atom is 0.327 e. The first-order valence-corrected chi connectivity index (χ1v) is 7.81. The topological polar surface area (TPSA) is 69.6 Å². The van der Waals surface area contributed by atoms with Gasteiger partial charge in [-0.2, -0.15) is 0 Å². The number of carboxylic acid groups (broad SMARTS) is 1. The molecule has 0 bridgehead atoms. The second-order valence-corrected chi connectivity index (χ2v) is 7.43. The molecule has 0 radical (unpaired) electrons. The van der Waals surface area contributed by atoms with Crippen LogP contribution in [0, 0.1) is 5.41 Å². The fraction of sp³-hybridized carbons (Fsp3) is 0.846. The van der Waals surface area contributed by atoms with Crippen molar-refractivity contribution in [3.8, 4) is 0 Å². The molecule has 3 atom stereocenters. The number of carboxylic acids is 1. The fourth-order valence-corrected chi connectivity index (χ4v) is 4.13. The standard InChI is InChI=1S/C13H22N2O3S/c1-8-15(9(7-19-8)11(16)17)12(18)14-10-5-4-6-13(10,2)3/h8-10H,4-7H2,1-3H3,(H,14,18)(H,16,17). The Labute approximate surface area is 118 Å². The average Bonchev–Trinajstić information content (AvgIpc) is 2.83. The predicted molar refractivity (Wildman–Crippen MR) is 75.1 cm³/mol. The Morgan fingerprint density at radius 2 is 2.11 bits per heavy atom. The molecule has 0 spiro atoms. The van der Waals surface area contributed by atoms with Crippen molar-refractivity contribution in [3.63, 3.8) is 0 Å². The molecule has 1 saturated carbocycles. The summed E-state index contributed by atoms with van der Waals surface area (Å²) in [6, 6.07) is -0.790. The Morgan fingerprint density at radius 3 is 2.63 bits per heavy atom. The molecule has 2 aliphatic rings. The molecule has 2 N–H and O–H groups in total. The zero-order valence-electron chi connectivity index (χ0n) is 11.7. The number of urea groups is 1. The molecule has 19 heavy (non-hydrogen) atoms. The van der Waals surface area contributed by atoms with Gasteiger partial charge in [0.2, 0.25) is 0 Å². The Bertz CT molecular complexity index is 386. The first-order valence-electron chi connectivity index (χ1n) is 6.76. The van der Waals surface area contributed by atoms with E-state index in [0.717, 1.165) is 19.3 Å². The van der Waals surface area contributed by atoms with Crippen LogP contribution in [0.4, 0.5) is 4.79 Å². The second kappa shape index (κ2) is 5.23. The molecule has 1 aliphatic carbocycles. The van der Waals surface area contributed by atoms with Crippen molar-refractivity contribution in [1.82, 2.24) is 10.2 Å². The summed E-state index contributed by atoms with van der Waals surface area (Å²) in [6.45, 7) is 6.19. The van der Waals surface area contributed by atoms with Gasteiger partial charge in [-0.3, -0.25) is 4.90 Å². The summed E-state index contributed by atoms with van der Waals surface area (Å²) in [7, 11) is 0. The summed E-state index contributed by atoms with van der Waals surface area (Å²) in [5.74, 6) is -0.449. The lowest BCUT2D eigenvalue weighted by molar-refractivity contribution is -0.141. The number of aliphatic carboxylic acids is 1. The first-order chi connectivity index (χ1) is 8.83. The summed E-state index contributed by atoms with van der Waals surface area (Å²) in [4.78, 5) is 25.0. The molecule has 0 aromatic carbocycles. The number of rotatable bonds is 2. The van der Waals surface area contributed by atoms with E-state index in [0.29, 0.717) is 5.75 Å². The monoisotopic (exact) mass is 286 g/mol. The van der Waals surface area contributed by atoms with Crippen molar-refractivity contribution in [2.24, 2.45) is 5.41 Å². The van der Waals surface area contributed by atoms with Crippen molar-refractivity contribution in [1.29, 1.82) is 0 Å². The van der Waals surface area contributed by atoms with Gasteiger partial charge < -0.3 is 10.4 Å². The van der Waals surface area contributed by atoms with Gasteiger partial charge in [0.05, 0.1) is 5.37 Å². The summed E-state index contributed by atoms with van der Waals surface area (Å²) in [5, 5.41) is 12.1. The molecular weight excluding hydrogens is 264 g/mol. The predicted octanol–water partition coefficient (Wildman–Crippen LogP) is 2.12. The lowest BCUT2D eigenvalue weighted by Crippen LogP contribution is -2.53. The number of nitrogens with one attached hydrogen (secondary N) is 1. The lowest BCUT2D eigenvalue weighted by atomic mass is 9.87. The van der Waals surface area contributed by atoms with Crippen molar-refractivity contribution < 1.29 is 14.7 Å². The summed E-state index contributed by atoms with van der Waals surface area (Å²) >= 11 is 1.51. The highest BCUT2D eigenvalue weighted by molar-refractivity contribution is 8.00. The van der Waals surface area contributed by atoms with Crippen molar-refractivity contribution in [3.05, 3.63) is 0 Å². The number of hydrogen-bond acceptors (Lipinski definition) is 3. The summed E-state index contributed by atoms with van der Waals surface area (Å²) in [5.41, 5.74) is 0.102. The van der Waals surface area contributed by atoms with E-state index in [4.69, 9.17) is 0 Å². The van der Waals surface area contributed by atoms with Crippen LogP contribution >= 0.6 is 11.8 Å². The van der Waals surface area contributed by atoms with Gasteiger partial charge in [-0.05, 0) is 25.2 Å². The molecule has 6 heteroatoms. The molecule has 3 unspecified atom stereocenters. The van der Waals surface area contributed by atoms with E-state index in [9.17, 15) is 14.7 Å². The van der Waals surface area contributed by atoms with Gasteiger partial charge in [0.25, 0.3) is 0 Å². The van der Waals surface area contributed by atoms with Crippen LogP contribution in [0.25, 0.3) is 0 Å². The van der Waals surface area contributed by atoms with Crippen molar-refractivity contribution in [2.75, 3.05) is 5.75 Å². The number of hydrogen-bond donors (Lipinski definition) is 2. The number of carbonyl (C=O) groups excluding carboxylic acids is 1. The molecule has 2 rings (SSSR count). The Hall–Kier alpha value is -0.910. The normalized spacial score (nSPS) is 33.4. The van der Waals surface area contributed by atoms with Crippen molar-refractivity contribution >= 4 is 23.8 Å². The fourth-order valence-electron chi connectivity index (χ4n) is 2.96. The van der Waals surface area contributed by atoms with E-state index in [1.807, 2.05) is 6.92 Å². The zero-order valence-corrected chi connectivity index (χ0v) is 12.5. The molecule has 1 saturated heterocycles. The lowest BCUT2D eigenvalue weighted by Gasteiger charge is -2.32. The smallest absolute Gasteiger partial charge is 0.327 e. The van der Waals surface area contributed by atoms with Crippen LogP contribution in [-0.4, -0.2) is 45.2 Å². The maximum atomic E-state index is 12.4. The van der Waals surface area contributed by atoms with Crippen LogP contribution in [0.5, 0.6) is 0 Å². The van der Waals surface area contributed by atoms with Crippen LogP contribution in [-0.2, 0) is 4.79 Å². The third-order valence-electron chi connectivity index (χ3n) is 4.30. The van der Waals surface area contributed by atoms with E-state index in [1.165, 1.54) is 16.7 Å². The number of amides is 2. The quantitative estimate of drug-likeness (QED) is 0.816. The average molecular weight is 286 g/mol. The second-order valence-electron chi connectivity index (χ2n) is 6.08. The van der Waals surface area contributed by atoms with Crippen LogP contribution in [0.2, 0.25) is 0 Å². The molecular formula is C13H22N2O3S. The molecule has 1 aliphatic heterocycles. The molecule has 2 fully saturated rings. The summed E-state index contributed by atoms with van der Waals surface area (Å²) < 4.78 is 0. The number of carbonyl (C=O) groups is 2. The van der Waals surface area contributed by atoms with Crippen LogP contribution in [0.3, 0.4) is 0 Å². The van der Waals surface area contributed by atoms with E-state index < -0.39 is 12.0 Å². The van der Waals surface area contributed by atoms with E-state index >= 15 is 0 Å². The van der Waals surface area contributed by atoms with Gasteiger partial charge in [0.15, 0.2) is 0 Å². The van der Waals surface area contributed by atoms with E-state index in [1.54, 1.807) is 0 Å². The third-order valence-corrected chi connectivity index (χ3v) is 5.52. The van der Waals surface area contributed by atoms with Gasteiger partial charge in [0, 0.05) is 11.8 Å². The number of nitrogens with zero attached hydrogens (tertiary/aromatic N) is 1. The molecule has 1 heterocycles. The van der Waals surface area contributed by atoms with E-state index in [-0.39, 0.29) is 22.9 Å².